The number of hydrogen-bond acceptors (Lipinski definition) is 3. The number of nitrogens with zero attached hydrogens (tertiary/aromatic N) is 1. The van der Waals surface area contributed by atoms with Crippen LogP contribution in [-0.4, -0.2) is 46.6 Å². The minimum Gasteiger partial charge on any atom is -0.480 e. The Kier molecular flexibility index (Phi) is 6.46. The number of aliphatic carboxylic acids is 1. The lowest BCUT2D eigenvalue weighted by atomic mass is 9.97. The maximum atomic E-state index is 12.3. The second kappa shape index (κ2) is 7.62. The fraction of sp³-hybridized carbons (Fsp3) is 0.867. The number of piperidine rings is 1. The van der Waals surface area contributed by atoms with E-state index in [1.165, 1.54) is 0 Å². The van der Waals surface area contributed by atoms with Gasteiger partial charge in [-0.1, -0.05) is 20.3 Å². The Hall–Kier alpha value is -1.10. The first kappa shape index (κ1) is 17.0. The molecule has 0 aliphatic carbocycles. The smallest absolute Gasteiger partial charge is 0.320 e. The average Bonchev–Trinajstić information content (AvgIpc) is 2.37. The summed E-state index contributed by atoms with van der Waals surface area (Å²) in [6.07, 6.45) is 3.99. The molecule has 0 bridgehead atoms. The van der Waals surface area contributed by atoms with Gasteiger partial charge in [0.1, 0.15) is 6.04 Å². The van der Waals surface area contributed by atoms with Crippen molar-refractivity contribution in [3.8, 4) is 0 Å². The summed E-state index contributed by atoms with van der Waals surface area (Å²) in [5.41, 5.74) is 0. The lowest BCUT2D eigenvalue weighted by molar-refractivity contribution is -0.141. The van der Waals surface area contributed by atoms with E-state index in [1.54, 1.807) is 0 Å². The molecule has 4 atom stereocenters. The topological polar surface area (TPSA) is 69.6 Å². The van der Waals surface area contributed by atoms with Crippen LogP contribution in [0.3, 0.4) is 0 Å². The molecule has 5 nitrogen and oxygen atoms in total. The Morgan fingerprint density at radius 1 is 1.30 bits per heavy atom. The molecule has 0 radical (unpaired) electrons. The Balaban J connectivity index is 2.58. The van der Waals surface area contributed by atoms with Crippen LogP contribution in [0.25, 0.3) is 0 Å². The summed E-state index contributed by atoms with van der Waals surface area (Å²) < 4.78 is 0. The largest absolute Gasteiger partial charge is 0.480 e. The van der Waals surface area contributed by atoms with Gasteiger partial charge in [-0.3, -0.25) is 14.9 Å². The van der Waals surface area contributed by atoms with Crippen molar-refractivity contribution < 1.29 is 14.7 Å². The van der Waals surface area contributed by atoms with E-state index in [2.05, 4.69) is 19.2 Å². The molecule has 20 heavy (non-hydrogen) atoms. The highest BCUT2D eigenvalue weighted by molar-refractivity contribution is 5.80. The van der Waals surface area contributed by atoms with Gasteiger partial charge in [-0.05, 0) is 39.0 Å². The second-order valence-corrected chi connectivity index (χ2v) is 6.01. The Morgan fingerprint density at radius 3 is 2.30 bits per heavy atom. The van der Waals surface area contributed by atoms with E-state index in [0.717, 1.165) is 25.7 Å². The van der Waals surface area contributed by atoms with Gasteiger partial charge in [0.25, 0.3) is 0 Å². The minimum atomic E-state index is -0.883. The van der Waals surface area contributed by atoms with Crippen molar-refractivity contribution >= 4 is 11.9 Å². The van der Waals surface area contributed by atoms with Crippen LogP contribution in [0.1, 0.15) is 53.4 Å². The zero-order valence-corrected chi connectivity index (χ0v) is 13.1. The highest BCUT2D eigenvalue weighted by Crippen LogP contribution is 2.22. The SMILES string of the molecule is CC[C@H](C)[C@H](NCC(=O)N1C(C)CCCC1C)C(=O)O. The summed E-state index contributed by atoms with van der Waals surface area (Å²) in [5.74, 6) is -0.859. The maximum absolute atomic E-state index is 12.3. The number of hydrogen-bond donors (Lipinski definition) is 2. The number of carbonyl (C=O) groups excluding carboxylic acids is 1. The molecule has 5 heteroatoms. The van der Waals surface area contributed by atoms with Crippen LogP contribution < -0.4 is 5.32 Å². The number of carboxylic acid groups (broad SMARTS) is 1. The Bertz CT molecular complexity index is 336. The van der Waals surface area contributed by atoms with Crippen LogP contribution >= 0.6 is 0 Å². The number of carboxylic acids is 1. The molecule has 1 amide bonds. The van der Waals surface area contributed by atoms with Crippen LogP contribution in [0, 0.1) is 5.92 Å². The minimum absolute atomic E-state index is 0.0107. The van der Waals surface area contributed by atoms with Crippen molar-refractivity contribution in [3.05, 3.63) is 0 Å². The summed E-state index contributed by atoms with van der Waals surface area (Å²) in [7, 11) is 0. The van der Waals surface area contributed by atoms with Crippen LogP contribution in [0.5, 0.6) is 0 Å². The predicted molar refractivity (Wildman–Crippen MR) is 78.5 cm³/mol. The number of carbonyl (C=O) groups is 2. The molecule has 2 unspecified atom stereocenters. The van der Waals surface area contributed by atoms with E-state index in [-0.39, 0.29) is 30.5 Å². The number of nitrogens with one attached hydrogen (secondary N) is 1. The molecule has 0 aromatic carbocycles. The van der Waals surface area contributed by atoms with Crippen LogP contribution in [-0.2, 0) is 9.59 Å². The number of amides is 1. The lowest BCUT2D eigenvalue weighted by Gasteiger charge is -2.39. The fourth-order valence-corrected chi connectivity index (χ4v) is 2.97. The van der Waals surface area contributed by atoms with Gasteiger partial charge in [-0.15, -0.1) is 0 Å². The van der Waals surface area contributed by atoms with Gasteiger partial charge < -0.3 is 10.0 Å². The van der Waals surface area contributed by atoms with Crippen molar-refractivity contribution in [2.75, 3.05) is 6.54 Å². The zero-order chi connectivity index (χ0) is 15.3. The molecule has 0 saturated carbocycles. The summed E-state index contributed by atoms with van der Waals surface area (Å²) in [4.78, 5) is 25.5. The van der Waals surface area contributed by atoms with Crippen molar-refractivity contribution in [2.45, 2.75) is 71.5 Å². The van der Waals surface area contributed by atoms with Crippen molar-refractivity contribution in [3.63, 3.8) is 0 Å². The van der Waals surface area contributed by atoms with Crippen LogP contribution in [0.4, 0.5) is 0 Å². The molecule has 0 spiro atoms. The van der Waals surface area contributed by atoms with Gasteiger partial charge in [-0.25, -0.2) is 0 Å². The van der Waals surface area contributed by atoms with E-state index < -0.39 is 12.0 Å². The molecule has 0 aromatic heterocycles. The lowest BCUT2D eigenvalue weighted by Crippen LogP contribution is -2.53. The molecule has 1 aliphatic heterocycles. The summed E-state index contributed by atoms with van der Waals surface area (Å²) >= 11 is 0. The maximum Gasteiger partial charge on any atom is 0.320 e. The molecule has 116 valence electrons. The van der Waals surface area contributed by atoms with Gasteiger partial charge in [0.05, 0.1) is 6.54 Å². The first-order chi connectivity index (χ1) is 9.38. The highest BCUT2D eigenvalue weighted by atomic mass is 16.4. The third-order valence-corrected chi connectivity index (χ3v) is 4.43. The average molecular weight is 284 g/mol. The molecular weight excluding hydrogens is 256 g/mol. The standard InChI is InChI=1S/C15H28N2O3/c1-5-10(2)14(15(19)20)16-9-13(18)17-11(3)7-6-8-12(17)4/h10-12,14,16H,5-9H2,1-4H3,(H,19,20)/t10-,11?,12?,14-/m0/s1. The van der Waals surface area contributed by atoms with E-state index in [4.69, 9.17) is 0 Å². The van der Waals surface area contributed by atoms with E-state index >= 15 is 0 Å². The first-order valence-corrected chi connectivity index (χ1v) is 7.65. The molecule has 1 saturated heterocycles. The van der Waals surface area contributed by atoms with Gasteiger partial charge >= 0.3 is 5.97 Å². The van der Waals surface area contributed by atoms with Crippen LogP contribution in [0.15, 0.2) is 0 Å². The third-order valence-electron chi connectivity index (χ3n) is 4.43. The zero-order valence-electron chi connectivity index (χ0n) is 13.1. The monoisotopic (exact) mass is 284 g/mol. The van der Waals surface area contributed by atoms with Crippen molar-refractivity contribution in [1.82, 2.24) is 10.2 Å². The molecular formula is C15H28N2O3. The first-order valence-electron chi connectivity index (χ1n) is 7.65. The summed E-state index contributed by atoms with van der Waals surface area (Å²) in [6.45, 7) is 8.09. The van der Waals surface area contributed by atoms with Crippen molar-refractivity contribution in [1.29, 1.82) is 0 Å². The molecule has 0 aromatic rings. The predicted octanol–water partition coefficient (Wildman–Crippen LogP) is 1.86. The molecule has 1 rings (SSSR count). The van der Waals surface area contributed by atoms with Gasteiger partial charge in [0, 0.05) is 12.1 Å². The fourth-order valence-electron chi connectivity index (χ4n) is 2.97. The molecule has 1 heterocycles. The van der Waals surface area contributed by atoms with E-state index in [1.807, 2.05) is 18.7 Å². The van der Waals surface area contributed by atoms with Crippen molar-refractivity contribution in [2.24, 2.45) is 5.92 Å². The number of likely N-dealkylation sites (tertiary alicyclic amines) is 1. The van der Waals surface area contributed by atoms with Gasteiger partial charge in [-0.2, -0.15) is 0 Å². The van der Waals surface area contributed by atoms with Crippen LogP contribution in [0.2, 0.25) is 0 Å². The van der Waals surface area contributed by atoms with E-state index in [0.29, 0.717) is 0 Å². The normalized spacial score (nSPS) is 26.1. The summed E-state index contributed by atoms with van der Waals surface area (Å²) in [6, 6.07) is -0.154. The number of rotatable bonds is 6. The highest BCUT2D eigenvalue weighted by Gasteiger charge is 2.30. The third kappa shape index (κ3) is 4.20. The molecule has 1 fully saturated rings. The van der Waals surface area contributed by atoms with Gasteiger partial charge in [0.15, 0.2) is 0 Å². The second-order valence-electron chi connectivity index (χ2n) is 6.01. The molecule has 2 N–H and O–H groups in total. The van der Waals surface area contributed by atoms with E-state index in [9.17, 15) is 14.7 Å². The quantitative estimate of drug-likeness (QED) is 0.781. The van der Waals surface area contributed by atoms with Gasteiger partial charge in [0.2, 0.25) is 5.91 Å². The summed E-state index contributed by atoms with van der Waals surface area (Å²) in [5, 5.41) is 12.1. The Morgan fingerprint density at radius 2 is 1.85 bits per heavy atom. The Labute approximate surface area is 121 Å². The molecule has 1 aliphatic rings.